The van der Waals surface area contributed by atoms with Crippen LogP contribution in [0.25, 0.3) is 22.0 Å². The van der Waals surface area contributed by atoms with Gasteiger partial charge in [0.1, 0.15) is 5.75 Å². The van der Waals surface area contributed by atoms with E-state index < -0.39 is 0 Å². The number of aliphatic hydroxyl groups excluding tert-OH is 1. The van der Waals surface area contributed by atoms with Crippen LogP contribution >= 0.6 is 0 Å². The number of Topliss-reactive ketones (excluding diaryl/α,β-unsaturated/α-hetero) is 1. The molecule has 0 saturated carbocycles. The number of benzene rings is 3. The minimum absolute atomic E-state index is 0.0114. The lowest BCUT2D eigenvalue weighted by Gasteiger charge is -2.13. The molecule has 35 heavy (non-hydrogen) atoms. The van der Waals surface area contributed by atoms with Crippen molar-refractivity contribution < 1.29 is 19.4 Å². The zero-order chi connectivity index (χ0) is 25.4. The third-order valence-corrected chi connectivity index (χ3v) is 5.59. The van der Waals surface area contributed by atoms with Gasteiger partial charge in [-0.05, 0) is 53.4 Å². The summed E-state index contributed by atoms with van der Waals surface area (Å²) in [6.07, 6.45) is 3.17. The minimum atomic E-state index is -0.124. The monoisotopic (exact) mass is 472 g/mol. The molecule has 4 rings (SSSR count). The lowest BCUT2D eigenvalue weighted by molar-refractivity contribution is -0.114. The fourth-order valence-corrected chi connectivity index (χ4v) is 4.08. The Kier molecular flexibility index (Phi) is 8.81. The molecule has 0 atom stereocenters. The number of hydrogen-bond acceptors (Lipinski definition) is 4. The normalized spacial score (nSPS) is 10.4. The van der Waals surface area contributed by atoms with Crippen molar-refractivity contribution in [1.82, 2.24) is 4.57 Å². The molecule has 1 heterocycles. The summed E-state index contributed by atoms with van der Waals surface area (Å²) in [5.74, 6) is 0.489. The molecule has 0 bridgehead atoms. The van der Waals surface area contributed by atoms with Crippen molar-refractivity contribution in [2.45, 2.75) is 26.7 Å². The van der Waals surface area contributed by atoms with E-state index in [0.717, 1.165) is 46.8 Å². The maximum atomic E-state index is 13.5. The number of nitrogens with one attached hydrogen (secondary N) is 1. The first-order valence-corrected chi connectivity index (χ1v) is 11.6. The summed E-state index contributed by atoms with van der Waals surface area (Å²) in [7, 11) is 2.99. The van der Waals surface area contributed by atoms with Crippen molar-refractivity contribution in [3.05, 3.63) is 84.1 Å². The molecule has 1 aromatic heterocycles. The average molecular weight is 473 g/mol. The van der Waals surface area contributed by atoms with Crippen molar-refractivity contribution >= 4 is 28.3 Å². The molecular formula is C29H32N2O4. The van der Waals surface area contributed by atoms with Crippen LogP contribution in [0.3, 0.4) is 0 Å². The van der Waals surface area contributed by atoms with E-state index in [-0.39, 0.29) is 11.7 Å². The Morgan fingerprint density at radius 3 is 2.46 bits per heavy atom. The molecule has 0 fully saturated rings. The average Bonchev–Trinajstić information content (AvgIpc) is 3.18. The van der Waals surface area contributed by atoms with Gasteiger partial charge in [0.2, 0.25) is 5.91 Å². The molecule has 2 N–H and O–H groups in total. The molecule has 0 unspecified atom stereocenters. The molecule has 182 valence electrons. The number of aromatic nitrogens is 1. The summed E-state index contributed by atoms with van der Waals surface area (Å²) < 4.78 is 7.97. The highest BCUT2D eigenvalue weighted by Gasteiger charge is 2.17. The summed E-state index contributed by atoms with van der Waals surface area (Å²) in [6, 6.07) is 21.4. The number of anilines is 1. The second kappa shape index (κ2) is 12.0. The first-order valence-electron chi connectivity index (χ1n) is 11.6. The van der Waals surface area contributed by atoms with Gasteiger partial charge in [-0.25, -0.2) is 0 Å². The van der Waals surface area contributed by atoms with Crippen LogP contribution < -0.4 is 10.1 Å². The summed E-state index contributed by atoms with van der Waals surface area (Å²) in [5.41, 5.74) is 5.20. The Morgan fingerprint density at radius 1 is 0.971 bits per heavy atom. The maximum Gasteiger partial charge on any atom is 0.221 e. The topological polar surface area (TPSA) is 80.6 Å². The van der Waals surface area contributed by atoms with Crippen molar-refractivity contribution in [1.29, 1.82) is 0 Å². The minimum Gasteiger partial charge on any atom is -0.493 e. The smallest absolute Gasteiger partial charge is 0.221 e. The highest BCUT2D eigenvalue weighted by molar-refractivity contribution is 6.03. The van der Waals surface area contributed by atoms with Gasteiger partial charge in [0.25, 0.3) is 0 Å². The zero-order valence-electron chi connectivity index (χ0n) is 20.7. The van der Waals surface area contributed by atoms with Crippen LogP contribution in [0.5, 0.6) is 5.75 Å². The van der Waals surface area contributed by atoms with E-state index in [9.17, 15) is 9.59 Å². The standard InChI is InChI=1S/C28H28N2O3.CH4O/c1-4-14-33-28-13-12-21(20-8-7-9-23(15-20)29-19(2)31)16-25(28)27(32)17-22-18-30(3)26-11-6-5-10-24(22)26;1-2/h5-13,15-16,18H,4,14,17H2,1-3H3,(H,29,31);2H,1H3. The van der Waals surface area contributed by atoms with Crippen molar-refractivity contribution in [3.63, 3.8) is 0 Å². The molecule has 1 amide bonds. The third kappa shape index (κ3) is 6.16. The Morgan fingerprint density at radius 2 is 1.71 bits per heavy atom. The van der Waals surface area contributed by atoms with Gasteiger partial charge in [0, 0.05) is 50.3 Å². The van der Waals surface area contributed by atoms with Crippen LogP contribution in [0.1, 0.15) is 36.2 Å². The van der Waals surface area contributed by atoms with Gasteiger partial charge in [-0.2, -0.15) is 0 Å². The van der Waals surface area contributed by atoms with Crippen molar-refractivity contribution in [2.75, 3.05) is 19.0 Å². The number of fused-ring (bicyclic) bond motifs is 1. The van der Waals surface area contributed by atoms with Crippen LogP contribution in [0.15, 0.2) is 72.9 Å². The number of carbonyl (C=O) groups is 2. The first-order chi connectivity index (χ1) is 17.0. The van der Waals surface area contributed by atoms with Crippen LogP contribution in [-0.2, 0) is 18.3 Å². The van der Waals surface area contributed by atoms with E-state index in [4.69, 9.17) is 9.84 Å². The number of nitrogens with zero attached hydrogens (tertiary/aromatic N) is 1. The highest BCUT2D eigenvalue weighted by atomic mass is 16.5. The van der Waals surface area contributed by atoms with Gasteiger partial charge in [0.15, 0.2) is 5.78 Å². The second-order valence-electron chi connectivity index (χ2n) is 8.20. The van der Waals surface area contributed by atoms with Crippen molar-refractivity contribution in [2.24, 2.45) is 7.05 Å². The van der Waals surface area contributed by atoms with E-state index in [2.05, 4.69) is 22.0 Å². The number of ketones is 1. The highest BCUT2D eigenvalue weighted by Crippen LogP contribution is 2.30. The van der Waals surface area contributed by atoms with Crippen LogP contribution in [-0.4, -0.2) is 35.1 Å². The molecule has 0 spiro atoms. The molecule has 6 nitrogen and oxygen atoms in total. The number of amides is 1. The van der Waals surface area contributed by atoms with Gasteiger partial charge in [-0.1, -0.05) is 43.3 Å². The lowest BCUT2D eigenvalue weighted by atomic mass is 9.97. The number of para-hydroxylation sites is 1. The van der Waals surface area contributed by atoms with Gasteiger partial charge < -0.3 is 19.7 Å². The molecule has 0 aliphatic heterocycles. The lowest BCUT2D eigenvalue weighted by Crippen LogP contribution is -2.08. The predicted octanol–water partition coefficient (Wildman–Crippen LogP) is 5.63. The largest absolute Gasteiger partial charge is 0.493 e. The van der Waals surface area contributed by atoms with Gasteiger partial charge in [0.05, 0.1) is 12.2 Å². The number of aryl methyl sites for hydroxylation is 1. The number of hydrogen-bond donors (Lipinski definition) is 2. The van der Waals surface area contributed by atoms with Gasteiger partial charge >= 0.3 is 0 Å². The number of ether oxygens (including phenoxy) is 1. The molecule has 0 aliphatic carbocycles. The molecule has 0 radical (unpaired) electrons. The number of carbonyl (C=O) groups excluding carboxylic acids is 2. The number of aliphatic hydroxyl groups is 1. The Bertz CT molecular complexity index is 1320. The molecule has 4 aromatic rings. The van der Waals surface area contributed by atoms with E-state index >= 15 is 0 Å². The van der Waals surface area contributed by atoms with E-state index in [1.165, 1.54) is 6.92 Å². The summed E-state index contributed by atoms with van der Waals surface area (Å²) in [5, 5.41) is 10.9. The first kappa shape index (κ1) is 25.7. The van der Waals surface area contributed by atoms with E-state index in [0.29, 0.717) is 24.3 Å². The van der Waals surface area contributed by atoms with Gasteiger partial charge in [-0.15, -0.1) is 0 Å². The van der Waals surface area contributed by atoms with Gasteiger partial charge in [-0.3, -0.25) is 9.59 Å². The van der Waals surface area contributed by atoms with E-state index in [1.807, 2.05) is 74.8 Å². The van der Waals surface area contributed by atoms with Crippen LogP contribution in [0, 0.1) is 0 Å². The molecule has 0 aliphatic rings. The number of rotatable bonds is 8. The Balaban J connectivity index is 0.00000167. The Labute approximate surface area is 206 Å². The molecule has 0 saturated heterocycles. The SMILES string of the molecule is CCCOc1ccc(-c2cccc(NC(C)=O)c2)cc1C(=O)Cc1cn(C)c2ccccc12.CO. The summed E-state index contributed by atoms with van der Waals surface area (Å²) in [6.45, 7) is 4.07. The van der Waals surface area contributed by atoms with Crippen LogP contribution in [0.2, 0.25) is 0 Å². The summed E-state index contributed by atoms with van der Waals surface area (Å²) in [4.78, 5) is 24.9. The predicted molar refractivity (Wildman–Crippen MR) is 141 cm³/mol. The second-order valence-corrected chi connectivity index (χ2v) is 8.20. The fourth-order valence-electron chi connectivity index (χ4n) is 4.08. The maximum absolute atomic E-state index is 13.5. The summed E-state index contributed by atoms with van der Waals surface area (Å²) >= 11 is 0. The zero-order valence-corrected chi connectivity index (χ0v) is 20.7. The van der Waals surface area contributed by atoms with Crippen molar-refractivity contribution in [3.8, 4) is 16.9 Å². The molecular weight excluding hydrogens is 440 g/mol. The fraction of sp³-hybridized carbons (Fsp3) is 0.241. The third-order valence-electron chi connectivity index (χ3n) is 5.59. The Hall–Kier alpha value is -3.90. The quantitative estimate of drug-likeness (QED) is 0.326. The molecule has 6 heteroatoms. The molecule has 3 aromatic carbocycles. The van der Waals surface area contributed by atoms with E-state index in [1.54, 1.807) is 0 Å². The van der Waals surface area contributed by atoms with Crippen LogP contribution in [0.4, 0.5) is 5.69 Å².